The number of pyridine rings is 1. The lowest BCUT2D eigenvalue weighted by molar-refractivity contribution is 0.0697. The van der Waals surface area contributed by atoms with E-state index in [2.05, 4.69) is 17.2 Å². The number of carboxylic acid groups (broad SMARTS) is 1. The summed E-state index contributed by atoms with van der Waals surface area (Å²) in [6, 6.07) is 3.42. The van der Waals surface area contributed by atoms with Gasteiger partial charge in [0.05, 0.1) is 0 Å². The molecular weight excluding hydrogens is 236 g/mol. The van der Waals surface area contributed by atoms with Crippen molar-refractivity contribution in [1.82, 2.24) is 4.98 Å². The monoisotopic (exact) mass is 254 g/mol. The molecule has 0 saturated carbocycles. The maximum absolute atomic E-state index is 11.0. The van der Waals surface area contributed by atoms with Crippen LogP contribution in [0.1, 0.15) is 30.6 Å². The van der Waals surface area contributed by atoms with E-state index in [9.17, 15) is 4.79 Å². The number of carboxylic acids is 1. The van der Waals surface area contributed by atoms with Crippen LogP contribution in [0.25, 0.3) is 0 Å². The lowest BCUT2D eigenvalue weighted by Crippen LogP contribution is -2.19. The van der Waals surface area contributed by atoms with Gasteiger partial charge in [-0.25, -0.2) is 9.78 Å². The standard InChI is InChI=1S/C12H18N2O2S/c1-3-17-8-6-9(2)14-11-10(12(15)16)5-4-7-13-11/h4-5,7,9H,3,6,8H2,1-2H3,(H,13,14)(H,15,16). The van der Waals surface area contributed by atoms with E-state index in [0.717, 1.165) is 17.9 Å². The zero-order valence-corrected chi connectivity index (χ0v) is 11.0. The minimum absolute atomic E-state index is 0.224. The Labute approximate surface area is 106 Å². The molecule has 0 saturated heterocycles. The van der Waals surface area contributed by atoms with Crippen LogP contribution in [0.3, 0.4) is 0 Å². The van der Waals surface area contributed by atoms with Crippen molar-refractivity contribution in [3.63, 3.8) is 0 Å². The van der Waals surface area contributed by atoms with Crippen molar-refractivity contribution in [2.24, 2.45) is 0 Å². The van der Waals surface area contributed by atoms with Crippen LogP contribution in [-0.2, 0) is 0 Å². The molecule has 0 bridgehead atoms. The maximum Gasteiger partial charge on any atom is 0.339 e. The average molecular weight is 254 g/mol. The van der Waals surface area contributed by atoms with E-state index in [0.29, 0.717) is 5.82 Å². The van der Waals surface area contributed by atoms with Crippen LogP contribution >= 0.6 is 11.8 Å². The van der Waals surface area contributed by atoms with Gasteiger partial charge in [0.1, 0.15) is 11.4 Å². The molecule has 94 valence electrons. The molecule has 17 heavy (non-hydrogen) atoms. The van der Waals surface area contributed by atoms with Crippen LogP contribution in [0.2, 0.25) is 0 Å². The Morgan fingerprint density at radius 2 is 2.41 bits per heavy atom. The first-order valence-corrected chi connectivity index (χ1v) is 6.83. The van der Waals surface area contributed by atoms with Crippen LogP contribution < -0.4 is 5.32 Å². The fourth-order valence-electron chi connectivity index (χ4n) is 1.40. The molecule has 0 radical (unpaired) electrons. The Balaban J connectivity index is 2.58. The number of hydrogen-bond donors (Lipinski definition) is 2. The Bertz CT molecular complexity index is 371. The highest BCUT2D eigenvalue weighted by atomic mass is 32.2. The second-order valence-corrected chi connectivity index (χ2v) is 5.13. The first kappa shape index (κ1) is 13.8. The number of aromatic carboxylic acids is 1. The van der Waals surface area contributed by atoms with E-state index in [4.69, 9.17) is 5.11 Å². The number of carbonyl (C=O) groups is 1. The molecule has 5 heteroatoms. The molecule has 1 aromatic rings. The van der Waals surface area contributed by atoms with Gasteiger partial charge >= 0.3 is 5.97 Å². The average Bonchev–Trinajstić information content (AvgIpc) is 2.29. The molecule has 0 aliphatic carbocycles. The summed E-state index contributed by atoms with van der Waals surface area (Å²) in [4.78, 5) is 15.0. The summed E-state index contributed by atoms with van der Waals surface area (Å²) >= 11 is 1.88. The third-order valence-corrected chi connectivity index (χ3v) is 3.25. The molecule has 1 atom stereocenters. The highest BCUT2D eigenvalue weighted by Crippen LogP contribution is 2.14. The molecule has 1 unspecified atom stereocenters. The number of anilines is 1. The minimum atomic E-state index is -0.948. The molecule has 4 nitrogen and oxygen atoms in total. The summed E-state index contributed by atoms with van der Waals surface area (Å²) in [5.74, 6) is 1.68. The lowest BCUT2D eigenvalue weighted by Gasteiger charge is -2.15. The molecule has 1 aromatic heterocycles. The van der Waals surface area contributed by atoms with Crippen LogP contribution in [0, 0.1) is 0 Å². The van der Waals surface area contributed by atoms with Gasteiger partial charge in [0.2, 0.25) is 0 Å². The summed E-state index contributed by atoms with van der Waals surface area (Å²) in [7, 11) is 0. The Kier molecular flexibility index (Phi) is 5.83. The number of hydrogen-bond acceptors (Lipinski definition) is 4. The molecule has 1 rings (SSSR count). The molecule has 0 aromatic carbocycles. The van der Waals surface area contributed by atoms with Crippen LogP contribution in [0.4, 0.5) is 5.82 Å². The first-order chi connectivity index (χ1) is 8.15. The van der Waals surface area contributed by atoms with Gasteiger partial charge in [-0.3, -0.25) is 0 Å². The maximum atomic E-state index is 11.0. The van der Waals surface area contributed by atoms with Gasteiger partial charge in [-0.2, -0.15) is 11.8 Å². The molecule has 0 spiro atoms. The van der Waals surface area contributed by atoms with E-state index in [1.165, 1.54) is 0 Å². The van der Waals surface area contributed by atoms with Gasteiger partial charge in [-0.05, 0) is 37.0 Å². The SMILES string of the molecule is CCSCCC(C)Nc1ncccc1C(=O)O. The van der Waals surface area contributed by atoms with Crippen molar-refractivity contribution in [1.29, 1.82) is 0 Å². The number of aromatic nitrogens is 1. The third-order valence-electron chi connectivity index (χ3n) is 2.32. The summed E-state index contributed by atoms with van der Waals surface area (Å²) in [6.07, 6.45) is 2.59. The van der Waals surface area contributed by atoms with Gasteiger partial charge < -0.3 is 10.4 Å². The van der Waals surface area contributed by atoms with Crippen molar-refractivity contribution in [2.45, 2.75) is 26.3 Å². The van der Waals surface area contributed by atoms with Crippen molar-refractivity contribution in [2.75, 3.05) is 16.8 Å². The molecule has 0 aliphatic heterocycles. The summed E-state index contributed by atoms with van der Waals surface area (Å²) in [5.41, 5.74) is 0.225. The van der Waals surface area contributed by atoms with Gasteiger partial charge in [0, 0.05) is 12.2 Å². The first-order valence-electron chi connectivity index (χ1n) is 5.67. The third kappa shape index (κ3) is 4.65. The predicted molar refractivity (Wildman–Crippen MR) is 71.9 cm³/mol. The number of rotatable bonds is 7. The minimum Gasteiger partial charge on any atom is -0.478 e. The largest absolute Gasteiger partial charge is 0.478 e. The van der Waals surface area contributed by atoms with E-state index >= 15 is 0 Å². The van der Waals surface area contributed by atoms with Gasteiger partial charge in [0.25, 0.3) is 0 Å². The molecule has 1 heterocycles. The summed E-state index contributed by atoms with van der Waals surface area (Å²) < 4.78 is 0. The van der Waals surface area contributed by atoms with Gasteiger partial charge in [0.15, 0.2) is 0 Å². The van der Waals surface area contributed by atoms with Crippen LogP contribution in [0.5, 0.6) is 0 Å². The van der Waals surface area contributed by atoms with Crippen LogP contribution in [0.15, 0.2) is 18.3 Å². The zero-order valence-electron chi connectivity index (χ0n) is 10.1. The van der Waals surface area contributed by atoms with Gasteiger partial charge in [-0.15, -0.1) is 0 Å². The van der Waals surface area contributed by atoms with Crippen molar-refractivity contribution in [3.05, 3.63) is 23.9 Å². The van der Waals surface area contributed by atoms with Crippen LogP contribution in [-0.4, -0.2) is 33.6 Å². The zero-order chi connectivity index (χ0) is 12.7. The van der Waals surface area contributed by atoms with Gasteiger partial charge in [-0.1, -0.05) is 6.92 Å². The molecular formula is C12H18N2O2S. The topological polar surface area (TPSA) is 62.2 Å². The summed E-state index contributed by atoms with van der Waals surface area (Å²) in [6.45, 7) is 4.17. The normalized spacial score (nSPS) is 12.1. The smallest absolute Gasteiger partial charge is 0.339 e. The Morgan fingerprint density at radius 3 is 3.06 bits per heavy atom. The lowest BCUT2D eigenvalue weighted by atomic mass is 10.2. The summed E-state index contributed by atoms with van der Waals surface area (Å²) in [5, 5.41) is 12.2. The van der Waals surface area contributed by atoms with E-state index in [1.807, 2.05) is 18.7 Å². The van der Waals surface area contributed by atoms with E-state index < -0.39 is 5.97 Å². The van der Waals surface area contributed by atoms with Crippen molar-refractivity contribution >= 4 is 23.5 Å². The Hall–Kier alpha value is -1.23. The molecule has 0 aliphatic rings. The second-order valence-electron chi connectivity index (χ2n) is 3.74. The van der Waals surface area contributed by atoms with Crippen molar-refractivity contribution < 1.29 is 9.90 Å². The van der Waals surface area contributed by atoms with Crippen molar-refractivity contribution in [3.8, 4) is 0 Å². The molecule has 0 fully saturated rings. The molecule has 2 N–H and O–H groups in total. The van der Waals surface area contributed by atoms with E-state index in [1.54, 1.807) is 18.3 Å². The second kappa shape index (κ2) is 7.17. The fraction of sp³-hybridized carbons (Fsp3) is 0.500. The highest BCUT2D eigenvalue weighted by molar-refractivity contribution is 7.99. The molecule has 0 amide bonds. The number of thioether (sulfide) groups is 1. The fourth-order valence-corrected chi connectivity index (χ4v) is 2.21. The predicted octanol–water partition coefficient (Wildman–Crippen LogP) is 2.72. The number of nitrogens with zero attached hydrogens (tertiary/aromatic N) is 1. The Morgan fingerprint density at radius 1 is 1.65 bits per heavy atom. The highest BCUT2D eigenvalue weighted by Gasteiger charge is 2.12. The number of nitrogens with one attached hydrogen (secondary N) is 1. The quantitative estimate of drug-likeness (QED) is 0.733. The van der Waals surface area contributed by atoms with E-state index in [-0.39, 0.29) is 11.6 Å².